The maximum Gasteiger partial charge on any atom is 0.407 e. The molecule has 0 aromatic heterocycles. The van der Waals surface area contributed by atoms with Crippen LogP contribution in [0.4, 0.5) is 9.18 Å². The van der Waals surface area contributed by atoms with E-state index in [2.05, 4.69) is 5.32 Å². The summed E-state index contributed by atoms with van der Waals surface area (Å²) in [5.41, 5.74) is 3.07. The van der Waals surface area contributed by atoms with Gasteiger partial charge < -0.3 is 14.8 Å². The van der Waals surface area contributed by atoms with Gasteiger partial charge in [-0.05, 0) is 63.4 Å². The summed E-state index contributed by atoms with van der Waals surface area (Å²) in [7, 11) is 0. The number of aryl methyl sites for hydroxylation is 2. The number of hydrogen-bond acceptors (Lipinski definition) is 3. The van der Waals surface area contributed by atoms with E-state index in [1.54, 1.807) is 12.1 Å². The molecule has 1 unspecified atom stereocenters. The Balaban J connectivity index is 2.11. The van der Waals surface area contributed by atoms with Crippen molar-refractivity contribution < 1.29 is 18.7 Å². The van der Waals surface area contributed by atoms with Crippen molar-refractivity contribution in [2.75, 3.05) is 13.2 Å². The minimum absolute atomic E-state index is 0.0549. The number of nitrogens with one attached hydrogen (secondary N) is 1. The Hall–Kier alpha value is -2.11. The van der Waals surface area contributed by atoms with Crippen LogP contribution in [-0.4, -0.2) is 24.8 Å². The summed E-state index contributed by atoms with van der Waals surface area (Å²) in [6, 6.07) is 10.6. The SMILES string of the molecule is Cc1cccc(C)c1C(CNC(=O)OC(C)(C)C)COCc1c(F)cccc1Cl. The van der Waals surface area contributed by atoms with Crippen LogP contribution >= 0.6 is 11.6 Å². The van der Waals surface area contributed by atoms with Gasteiger partial charge >= 0.3 is 6.09 Å². The zero-order valence-corrected chi connectivity index (χ0v) is 18.4. The predicted molar refractivity (Wildman–Crippen MR) is 114 cm³/mol. The standard InChI is InChI=1S/C23H29ClFNO3/c1-15-8-6-9-16(2)21(15)17(12-26-22(27)29-23(3,4)5)13-28-14-18-19(24)10-7-11-20(18)25/h6-11,17H,12-14H2,1-5H3,(H,26,27). The molecule has 1 N–H and O–H groups in total. The van der Waals surface area contributed by atoms with E-state index in [0.717, 1.165) is 16.7 Å². The number of benzene rings is 2. The van der Waals surface area contributed by atoms with Crippen LogP contribution in [0, 0.1) is 19.7 Å². The summed E-state index contributed by atoms with van der Waals surface area (Å²) in [5, 5.41) is 3.16. The van der Waals surface area contributed by atoms with E-state index in [9.17, 15) is 9.18 Å². The van der Waals surface area contributed by atoms with Crippen LogP contribution in [0.3, 0.4) is 0 Å². The molecule has 2 aromatic rings. The maximum absolute atomic E-state index is 14.0. The minimum Gasteiger partial charge on any atom is -0.444 e. The van der Waals surface area contributed by atoms with Crippen LogP contribution in [-0.2, 0) is 16.1 Å². The van der Waals surface area contributed by atoms with Crippen LogP contribution in [0.5, 0.6) is 0 Å². The molecule has 0 saturated heterocycles. The van der Waals surface area contributed by atoms with Crippen molar-refractivity contribution in [3.8, 4) is 0 Å². The van der Waals surface area contributed by atoms with Crippen LogP contribution < -0.4 is 5.32 Å². The number of amides is 1. The number of hydrogen-bond donors (Lipinski definition) is 1. The average molecular weight is 422 g/mol. The number of alkyl carbamates (subject to hydrolysis) is 1. The van der Waals surface area contributed by atoms with E-state index in [1.807, 2.05) is 52.8 Å². The van der Waals surface area contributed by atoms with Crippen molar-refractivity contribution in [2.45, 2.75) is 52.7 Å². The van der Waals surface area contributed by atoms with Gasteiger partial charge in [0.1, 0.15) is 11.4 Å². The molecule has 0 heterocycles. The molecule has 0 saturated carbocycles. The van der Waals surface area contributed by atoms with Crippen molar-refractivity contribution in [1.82, 2.24) is 5.32 Å². The third kappa shape index (κ3) is 7.02. The first-order chi connectivity index (χ1) is 13.6. The highest BCUT2D eigenvalue weighted by Crippen LogP contribution is 2.26. The second kappa shape index (κ2) is 10.1. The highest BCUT2D eigenvalue weighted by atomic mass is 35.5. The lowest BCUT2D eigenvalue weighted by molar-refractivity contribution is 0.0508. The van der Waals surface area contributed by atoms with Gasteiger partial charge in [0.2, 0.25) is 0 Å². The number of halogens is 2. The molecular weight excluding hydrogens is 393 g/mol. The number of carbonyl (C=O) groups is 1. The number of carbonyl (C=O) groups excluding carboxylic acids is 1. The van der Waals surface area contributed by atoms with E-state index < -0.39 is 17.5 Å². The first kappa shape index (κ1) is 23.2. The third-order valence-corrected chi connectivity index (χ3v) is 4.82. The summed E-state index contributed by atoms with van der Waals surface area (Å²) in [5.74, 6) is -0.512. The van der Waals surface area contributed by atoms with Crippen LogP contribution in [0.25, 0.3) is 0 Å². The summed E-state index contributed by atoms with van der Waals surface area (Å²) in [6.07, 6.45) is -0.481. The Morgan fingerprint density at radius 1 is 1.14 bits per heavy atom. The normalized spacial score (nSPS) is 12.5. The monoisotopic (exact) mass is 421 g/mol. The van der Waals surface area contributed by atoms with Gasteiger partial charge in [0.15, 0.2) is 0 Å². The molecule has 29 heavy (non-hydrogen) atoms. The molecule has 0 aliphatic heterocycles. The second-order valence-electron chi connectivity index (χ2n) is 8.10. The quantitative estimate of drug-likeness (QED) is 0.603. The fourth-order valence-electron chi connectivity index (χ4n) is 3.21. The van der Waals surface area contributed by atoms with Crippen molar-refractivity contribution in [3.05, 3.63) is 69.5 Å². The first-order valence-corrected chi connectivity index (χ1v) is 10.00. The topological polar surface area (TPSA) is 47.6 Å². The zero-order chi connectivity index (χ0) is 21.6. The Labute approximate surface area is 177 Å². The predicted octanol–water partition coefficient (Wildman–Crippen LogP) is 5.92. The number of ether oxygens (including phenoxy) is 2. The van der Waals surface area contributed by atoms with Crippen molar-refractivity contribution in [2.24, 2.45) is 0 Å². The van der Waals surface area contributed by atoms with Crippen molar-refractivity contribution >= 4 is 17.7 Å². The molecule has 158 valence electrons. The van der Waals surface area contributed by atoms with Gasteiger partial charge in [-0.1, -0.05) is 35.9 Å². The smallest absolute Gasteiger partial charge is 0.407 e. The van der Waals surface area contributed by atoms with Crippen LogP contribution in [0.15, 0.2) is 36.4 Å². The van der Waals surface area contributed by atoms with E-state index in [-0.39, 0.29) is 12.5 Å². The fourth-order valence-corrected chi connectivity index (χ4v) is 3.43. The van der Waals surface area contributed by atoms with Gasteiger partial charge in [-0.3, -0.25) is 0 Å². The minimum atomic E-state index is -0.573. The van der Waals surface area contributed by atoms with Crippen LogP contribution in [0.1, 0.15) is 48.9 Å². The summed E-state index contributed by atoms with van der Waals surface area (Å²) >= 11 is 6.08. The van der Waals surface area contributed by atoms with Crippen molar-refractivity contribution in [3.63, 3.8) is 0 Å². The van der Waals surface area contributed by atoms with Gasteiger partial charge in [-0.2, -0.15) is 0 Å². The van der Waals surface area contributed by atoms with Gasteiger partial charge in [0.25, 0.3) is 0 Å². The third-order valence-electron chi connectivity index (χ3n) is 4.47. The maximum atomic E-state index is 14.0. The lowest BCUT2D eigenvalue weighted by Crippen LogP contribution is -2.36. The molecular formula is C23H29ClFNO3. The fraction of sp³-hybridized carbons (Fsp3) is 0.435. The molecule has 0 radical (unpaired) electrons. The molecule has 6 heteroatoms. The first-order valence-electron chi connectivity index (χ1n) is 9.62. The van der Waals surface area contributed by atoms with E-state index >= 15 is 0 Å². The largest absolute Gasteiger partial charge is 0.444 e. The Kier molecular flexibility index (Phi) is 8.05. The van der Waals surface area contributed by atoms with Crippen LogP contribution in [0.2, 0.25) is 5.02 Å². The van der Waals surface area contributed by atoms with E-state index in [4.69, 9.17) is 21.1 Å². The highest BCUT2D eigenvalue weighted by Gasteiger charge is 2.21. The second-order valence-corrected chi connectivity index (χ2v) is 8.51. The van der Waals surface area contributed by atoms with Gasteiger partial charge in [0, 0.05) is 23.0 Å². The molecule has 0 fully saturated rings. The van der Waals surface area contributed by atoms with E-state index in [1.165, 1.54) is 6.07 Å². The molecule has 2 aromatic carbocycles. The van der Waals surface area contributed by atoms with Gasteiger partial charge in [-0.25, -0.2) is 9.18 Å². The van der Waals surface area contributed by atoms with Crippen molar-refractivity contribution in [1.29, 1.82) is 0 Å². The van der Waals surface area contributed by atoms with E-state index in [0.29, 0.717) is 23.7 Å². The molecule has 4 nitrogen and oxygen atoms in total. The lowest BCUT2D eigenvalue weighted by atomic mass is 9.91. The van der Waals surface area contributed by atoms with Gasteiger partial charge in [-0.15, -0.1) is 0 Å². The summed E-state index contributed by atoms with van der Waals surface area (Å²) in [4.78, 5) is 12.1. The molecule has 1 amide bonds. The average Bonchev–Trinajstić information content (AvgIpc) is 2.59. The molecule has 2 rings (SSSR count). The molecule has 0 aliphatic carbocycles. The molecule has 0 bridgehead atoms. The molecule has 0 spiro atoms. The number of rotatable bonds is 7. The van der Waals surface area contributed by atoms with Gasteiger partial charge in [0.05, 0.1) is 13.2 Å². The Morgan fingerprint density at radius 3 is 2.34 bits per heavy atom. The Bertz CT molecular complexity index is 808. The zero-order valence-electron chi connectivity index (χ0n) is 17.6. The summed E-state index contributed by atoms with van der Waals surface area (Å²) in [6.45, 7) is 10.2. The highest BCUT2D eigenvalue weighted by molar-refractivity contribution is 6.31. The molecule has 1 atom stereocenters. The Morgan fingerprint density at radius 2 is 1.76 bits per heavy atom. The molecule has 0 aliphatic rings. The lowest BCUT2D eigenvalue weighted by Gasteiger charge is -2.24. The summed E-state index contributed by atoms with van der Waals surface area (Å²) < 4.78 is 25.2.